The molecule has 0 unspecified atom stereocenters. The van der Waals surface area contributed by atoms with E-state index in [0.717, 1.165) is 25.7 Å². The first-order chi connectivity index (χ1) is 15.3. The van der Waals surface area contributed by atoms with Gasteiger partial charge in [0.2, 0.25) is 10.0 Å². The Hall–Kier alpha value is -3.09. The fourth-order valence-electron chi connectivity index (χ4n) is 3.57. The van der Waals surface area contributed by atoms with E-state index in [-0.39, 0.29) is 11.5 Å². The van der Waals surface area contributed by atoms with Gasteiger partial charge in [-0.2, -0.15) is 9.57 Å². The van der Waals surface area contributed by atoms with E-state index < -0.39 is 15.9 Å². The number of amides is 1. The van der Waals surface area contributed by atoms with Gasteiger partial charge in [0.05, 0.1) is 23.6 Å². The lowest BCUT2D eigenvalue weighted by atomic mass is 10.2. The molecule has 0 aliphatic carbocycles. The van der Waals surface area contributed by atoms with Gasteiger partial charge in [0, 0.05) is 24.8 Å². The lowest BCUT2D eigenvalue weighted by Crippen LogP contribution is -2.32. The van der Waals surface area contributed by atoms with Crippen LogP contribution in [0, 0.1) is 18.3 Å². The van der Waals surface area contributed by atoms with Crippen LogP contribution in [0.15, 0.2) is 41.3 Å². The molecule has 1 heterocycles. The first kappa shape index (κ1) is 23.6. The highest BCUT2D eigenvalue weighted by Gasteiger charge is 2.27. The smallest absolute Gasteiger partial charge is 0.262 e. The van der Waals surface area contributed by atoms with Crippen molar-refractivity contribution >= 4 is 21.6 Å². The number of methoxy groups -OCH3 is 1. The van der Waals surface area contributed by atoms with Crippen LogP contribution in [0.4, 0.5) is 5.69 Å². The molecule has 1 aliphatic rings. The van der Waals surface area contributed by atoms with Gasteiger partial charge in [-0.15, -0.1) is 0 Å². The number of nitrogens with zero attached hydrogens (tertiary/aromatic N) is 2. The van der Waals surface area contributed by atoms with Crippen molar-refractivity contribution in [3.63, 3.8) is 0 Å². The summed E-state index contributed by atoms with van der Waals surface area (Å²) in [7, 11) is -2.19. The molecule has 0 saturated carbocycles. The monoisotopic (exact) mass is 457 g/mol. The zero-order valence-electron chi connectivity index (χ0n) is 18.3. The van der Waals surface area contributed by atoms with E-state index in [4.69, 9.17) is 14.7 Å². The molecule has 2 aromatic rings. The first-order valence-electron chi connectivity index (χ1n) is 10.5. The summed E-state index contributed by atoms with van der Waals surface area (Å²) >= 11 is 0. The normalized spacial score (nSPS) is 14.8. The van der Waals surface area contributed by atoms with Gasteiger partial charge in [-0.05, 0) is 49.6 Å². The molecule has 0 radical (unpaired) electrons. The summed E-state index contributed by atoms with van der Waals surface area (Å²) in [6, 6.07) is 11.5. The second-order valence-corrected chi connectivity index (χ2v) is 9.52. The maximum atomic E-state index is 13.2. The van der Waals surface area contributed by atoms with Crippen molar-refractivity contribution in [2.24, 2.45) is 0 Å². The van der Waals surface area contributed by atoms with Gasteiger partial charge >= 0.3 is 0 Å². The summed E-state index contributed by atoms with van der Waals surface area (Å²) in [6.07, 6.45) is 3.77. The topological polar surface area (TPSA) is 109 Å². The van der Waals surface area contributed by atoms with Crippen LogP contribution in [-0.4, -0.2) is 45.4 Å². The van der Waals surface area contributed by atoms with E-state index in [0.29, 0.717) is 41.4 Å². The lowest BCUT2D eigenvalue weighted by molar-refractivity contribution is -0.118. The van der Waals surface area contributed by atoms with Crippen LogP contribution in [0.2, 0.25) is 0 Å². The Kier molecular flexibility index (Phi) is 7.72. The third-order valence-electron chi connectivity index (χ3n) is 5.31. The van der Waals surface area contributed by atoms with Gasteiger partial charge < -0.3 is 14.8 Å². The molecular weight excluding hydrogens is 430 g/mol. The molecular formula is C23H27N3O5S. The maximum Gasteiger partial charge on any atom is 0.262 e. The van der Waals surface area contributed by atoms with Crippen molar-refractivity contribution < 1.29 is 22.7 Å². The molecule has 9 heteroatoms. The highest BCUT2D eigenvalue weighted by atomic mass is 32.2. The Balaban J connectivity index is 1.70. The Bertz CT molecular complexity index is 1120. The second-order valence-electron chi connectivity index (χ2n) is 7.61. The molecule has 3 rings (SSSR count). The molecule has 0 spiro atoms. The van der Waals surface area contributed by atoms with E-state index in [9.17, 15) is 13.2 Å². The molecule has 32 heavy (non-hydrogen) atoms. The highest BCUT2D eigenvalue weighted by molar-refractivity contribution is 7.89. The molecule has 0 aromatic heterocycles. The van der Waals surface area contributed by atoms with Gasteiger partial charge in [-0.25, -0.2) is 8.42 Å². The number of hydrogen-bond acceptors (Lipinski definition) is 6. The van der Waals surface area contributed by atoms with E-state index in [2.05, 4.69) is 5.32 Å². The SMILES string of the molecule is COc1cc(C#N)ccc1OCC(=O)Nc1ccc(C)c(S(=O)(=O)N2CCCCCC2)c1. The molecule has 170 valence electrons. The molecule has 8 nitrogen and oxygen atoms in total. The molecule has 1 amide bonds. The van der Waals surface area contributed by atoms with Gasteiger partial charge in [0.1, 0.15) is 0 Å². The minimum Gasteiger partial charge on any atom is -0.493 e. The minimum absolute atomic E-state index is 0.201. The summed E-state index contributed by atoms with van der Waals surface area (Å²) in [4.78, 5) is 12.6. The van der Waals surface area contributed by atoms with Crippen LogP contribution in [0.5, 0.6) is 11.5 Å². The van der Waals surface area contributed by atoms with E-state index in [1.54, 1.807) is 31.2 Å². The van der Waals surface area contributed by atoms with Crippen LogP contribution in [0.25, 0.3) is 0 Å². The number of ether oxygens (including phenoxy) is 2. The maximum absolute atomic E-state index is 13.2. The van der Waals surface area contributed by atoms with Crippen LogP contribution >= 0.6 is 0 Å². The number of anilines is 1. The largest absolute Gasteiger partial charge is 0.493 e. The summed E-state index contributed by atoms with van der Waals surface area (Å²) in [6.45, 7) is 2.47. The van der Waals surface area contributed by atoms with Crippen molar-refractivity contribution in [2.75, 3.05) is 32.1 Å². The van der Waals surface area contributed by atoms with Crippen molar-refractivity contribution in [2.45, 2.75) is 37.5 Å². The third kappa shape index (κ3) is 5.58. The van der Waals surface area contributed by atoms with Crippen LogP contribution in [0.3, 0.4) is 0 Å². The second kappa shape index (κ2) is 10.5. The molecule has 0 atom stereocenters. The molecule has 1 saturated heterocycles. The summed E-state index contributed by atoms with van der Waals surface area (Å²) in [5.74, 6) is 0.228. The zero-order chi connectivity index (χ0) is 23.1. The molecule has 1 aliphatic heterocycles. The van der Waals surface area contributed by atoms with Crippen LogP contribution < -0.4 is 14.8 Å². The van der Waals surface area contributed by atoms with Crippen molar-refractivity contribution in [3.8, 4) is 17.6 Å². The average molecular weight is 458 g/mol. The molecule has 0 bridgehead atoms. The number of hydrogen-bond donors (Lipinski definition) is 1. The number of rotatable bonds is 7. The number of carbonyl (C=O) groups excluding carboxylic acids is 1. The van der Waals surface area contributed by atoms with Gasteiger partial charge in [-0.3, -0.25) is 4.79 Å². The first-order valence-corrected chi connectivity index (χ1v) is 11.9. The van der Waals surface area contributed by atoms with E-state index in [1.807, 2.05) is 6.07 Å². The van der Waals surface area contributed by atoms with Crippen molar-refractivity contribution in [1.82, 2.24) is 4.31 Å². The van der Waals surface area contributed by atoms with Crippen LogP contribution in [0.1, 0.15) is 36.8 Å². The minimum atomic E-state index is -3.64. The number of nitriles is 1. The standard InChI is InChI=1S/C23H27N3O5S/c1-17-7-9-19(14-22(17)32(28,29)26-11-5-3-4-6-12-26)25-23(27)16-31-20-10-8-18(15-24)13-21(20)30-2/h7-10,13-14H,3-6,11-12,16H2,1-2H3,(H,25,27). The molecule has 1 fully saturated rings. The summed E-state index contributed by atoms with van der Waals surface area (Å²) in [5.41, 5.74) is 1.42. The molecule has 2 aromatic carbocycles. The van der Waals surface area contributed by atoms with Gasteiger partial charge in [0.15, 0.2) is 18.1 Å². The summed E-state index contributed by atoms with van der Waals surface area (Å²) in [5, 5.41) is 11.7. The van der Waals surface area contributed by atoms with Crippen LogP contribution in [-0.2, 0) is 14.8 Å². The summed E-state index contributed by atoms with van der Waals surface area (Å²) < 4.78 is 38.6. The predicted octanol–water partition coefficient (Wildman–Crippen LogP) is 3.46. The number of sulfonamides is 1. The fraction of sp³-hybridized carbons (Fsp3) is 0.391. The Labute approximate surface area is 188 Å². The number of carbonyl (C=O) groups is 1. The van der Waals surface area contributed by atoms with E-state index in [1.165, 1.54) is 23.5 Å². The predicted molar refractivity (Wildman–Crippen MR) is 120 cm³/mol. The zero-order valence-corrected chi connectivity index (χ0v) is 19.1. The third-order valence-corrected chi connectivity index (χ3v) is 7.35. The number of benzene rings is 2. The Morgan fingerprint density at radius 3 is 2.47 bits per heavy atom. The van der Waals surface area contributed by atoms with Crippen molar-refractivity contribution in [3.05, 3.63) is 47.5 Å². The van der Waals surface area contributed by atoms with E-state index >= 15 is 0 Å². The van der Waals surface area contributed by atoms with Gasteiger partial charge in [-0.1, -0.05) is 18.9 Å². The molecule has 1 N–H and O–H groups in total. The Morgan fingerprint density at radius 2 is 1.81 bits per heavy atom. The number of aryl methyl sites for hydroxylation is 1. The average Bonchev–Trinajstić information content (AvgIpc) is 3.09. The van der Waals surface area contributed by atoms with Gasteiger partial charge in [0.25, 0.3) is 5.91 Å². The Morgan fingerprint density at radius 1 is 1.09 bits per heavy atom. The quantitative estimate of drug-likeness (QED) is 0.682. The lowest BCUT2D eigenvalue weighted by Gasteiger charge is -2.21. The van der Waals surface area contributed by atoms with Crippen molar-refractivity contribution in [1.29, 1.82) is 5.26 Å². The number of nitrogens with one attached hydrogen (secondary N) is 1. The highest BCUT2D eigenvalue weighted by Crippen LogP contribution is 2.28. The fourth-order valence-corrected chi connectivity index (χ4v) is 5.34.